The SMILES string of the molecule is O=C(O)[C@@](O)(F)[C@@H](OCc1ccccc1)[C@H](O)COCc1ccccc1. The fraction of sp³-hybridized carbons (Fsp3) is 0.316. The van der Waals surface area contributed by atoms with E-state index >= 15 is 0 Å². The summed E-state index contributed by atoms with van der Waals surface area (Å²) < 4.78 is 24.7. The number of carboxylic acid groups (broad SMARTS) is 1. The number of carbonyl (C=O) groups is 1. The summed E-state index contributed by atoms with van der Waals surface area (Å²) in [5.41, 5.74) is 1.46. The Morgan fingerprint density at radius 2 is 1.50 bits per heavy atom. The molecule has 0 saturated carbocycles. The number of ether oxygens (including phenoxy) is 2. The van der Waals surface area contributed by atoms with E-state index in [0.717, 1.165) is 5.56 Å². The number of aliphatic hydroxyl groups excluding tert-OH is 1. The van der Waals surface area contributed by atoms with Gasteiger partial charge < -0.3 is 24.8 Å². The highest BCUT2D eigenvalue weighted by molar-refractivity contribution is 5.76. The molecule has 6 nitrogen and oxygen atoms in total. The van der Waals surface area contributed by atoms with Gasteiger partial charge in [-0.3, -0.25) is 0 Å². The lowest BCUT2D eigenvalue weighted by Gasteiger charge is -2.29. The van der Waals surface area contributed by atoms with Crippen LogP contribution in [0.2, 0.25) is 0 Å². The Morgan fingerprint density at radius 3 is 2.00 bits per heavy atom. The van der Waals surface area contributed by atoms with Gasteiger partial charge in [0.1, 0.15) is 6.10 Å². The van der Waals surface area contributed by atoms with E-state index in [1.807, 2.05) is 18.2 Å². The van der Waals surface area contributed by atoms with Crippen LogP contribution in [-0.4, -0.2) is 46.0 Å². The number of alkyl halides is 1. The summed E-state index contributed by atoms with van der Waals surface area (Å²) in [5, 5.41) is 28.6. The van der Waals surface area contributed by atoms with Crippen molar-refractivity contribution in [3.63, 3.8) is 0 Å². The van der Waals surface area contributed by atoms with Gasteiger partial charge in [0.05, 0.1) is 19.8 Å². The molecule has 2 aromatic rings. The van der Waals surface area contributed by atoms with E-state index in [-0.39, 0.29) is 13.2 Å². The molecule has 0 aromatic heterocycles. The fourth-order valence-corrected chi connectivity index (χ4v) is 2.32. The Kier molecular flexibility index (Phi) is 7.23. The summed E-state index contributed by atoms with van der Waals surface area (Å²) in [7, 11) is 0. The number of carboxylic acids is 1. The van der Waals surface area contributed by atoms with Gasteiger partial charge in [-0.25, -0.2) is 4.79 Å². The van der Waals surface area contributed by atoms with Gasteiger partial charge in [0.25, 0.3) is 0 Å². The number of aliphatic carboxylic acids is 1. The maximum atomic E-state index is 14.2. The molecule has 0 unspecified atom stereocenters. The minimum Gasteiger partial charge on any atom is -0.477 e. The van der Waals surface area contributed by atoms with Crippen molar-refractivity contribution in [3.8, 4) is 0 Å². The van der Waals surface area contributed by atoms with Crippen molar-refractivity contribution in [2.24, 2.45) is 0 Å². The quantitative estimate of drug-likeness (QED) is 0.596. The summed E-state index contributed by atoms with van der Waals surface area (Å²) >= 11 is 0. The molecule has 0 spiro atoms. The van der Waals surface area contributed by atoms with Gasteiger partial charge in [0, 0.05) is 0 Å². The largest absolute Gasteiger partial charge is 0.477 e. The molecule has 0 fully saturated rings. The number of rotatable bonds is 10. The summed E-state index contributed by atoms with van der Waals surface area (Å²) in [5.74, 6) is -5.90. The van der Waals surface area contributed by atoms with Gasteiger partial charge in [-0.15, -0.1) is 0 Å². The molecule has 0 bridgehead atoms. The van der Waals surface area contributed by atoms with Crippen LogP contribution in [0.15, 0.2) is 60.7 Å². The third-order valence-electron chi connectivity index (χ3n) is 3.70. The van der Waals surface area contributed by atoms with E-state index in [2.05, 4.69) is 0 Å². The Labute approximate surface area is 150 Å². The molecule has 0 aliphatic carbocycles. The molecule has 0 aliphatic rings. The molecule has 26 heavy (non-hydrogen) atoms. The highest BCUT2D eigenvalue weighted by Gasteiger charge is 2.49. The predicted octanol–water partition coefficient (Wildman–Crippen LogP) is 1.89. The third kappa shape index (κ3) is 5.60. The predicted molar refractivity (Wildman–Crippen MR) is 90.8 cm³/mol. The minimum atomic E-state index is -3.76. The van der Waals surface area contributed by atoms with Crippen molar-refractivity contribution in [2.45, 2.75) is 31.3 Å². The molecule has 2 rings (SSSR count). The molecule has 2 aromatic carbocycles. The first kappa shape index (κ1) is 20.0. The van der Waals surface area contributed by atoms with Crippen LogP contribution in [0.5, 0.6) is 0 Å². The van der Waals surface area contributed by atoms with Gasteiger partial charge in [0.2, 0.25) is 0 Å². The first-order chi connectivity index (χ1) is 12.4. The standard InChI is InChI=1S/C19H21FO6/c20-19(24,18(22)23)17(26-12-15-9-5-2-6-10-15)16(21)13-25-11-14-7-3-1-4-8-14/h1-10,16-17,21,24H,11-13H2,(H,22,23)/t16-,17+,19-/m1/s1. The summed E-state index contributed by atoms with van der Waals surface area (Å²) in [4.78, 5) is 11.0. The summed E-state index contributed by atoms with van der Waals surface area (Å²) in [6, 6.07) is 17.7. The topological polar surface area (TPSA) is 96.2 Å². The van der Waals surface area contributed by atoms with Crippen LogP contribution < -0.4 is 0 Å². The molecule has 3 atom stereocenters. The molecule has 0 saturated heterocycles. The van der Waals surface area contributed by atoms with E-state index in [1.165, 1.54) is 0 Å². The maximum Gasteiger partial charge on any atom is 0.372 e. The Morgan fingerprint density at radius 1 is 1.00 bits per heavy atom. The van der Waals surface area contributed by atoms with Gasteiger partial charge >= 0.3 is 11.8 Å². The minimum absolute atomic E-state index is 0.140. The van der Waals surface area contributed by atoms with Crippen molar-refractivity contribution in [2.75, 3.05) is 6.61 Å². The highest BCUT2D eigenvalue weighted by Crippen LogP contribution is 2.22. The smallest absolute Gasteiger partial charge is 0.372 e. The average Bonchev–Trinajstić information content (AvgIpc) is 2.63. The first-order valence-electron chi connectivity index (χ1n) is 8.01. The molecule has 0 aliphatic heterocycles. The molecular weight excluding hydrogens is 343 g/mol. The van der Waals surface area contributed by atoms with E-state index in [1.54, 1.807) is 42.5 Å². The fourth-order valence-electron chi connectivity index (χ4n) is 2.32. The van der Waals surface area contributed by atoms with E-state index in [9.17, 15) is 19.4 Å². The van der Waals surface area contributed by atoms with Gasteiger partial charge in [-0.1, -0.05) is 60.7 Å². The molecule has 0 radical (unpaired) electrons. The van der Waals surface area contributed by atoms with Crippen LogP contribution in [0.25, 0.3) is 0 Å². The number of aliphatic hydroxyl groups is 2. The second kappa shape index (κ2) is 9.40. The Balaban J connectivity index is 1.98. The Bertz CT molecular complexity index is 677. The maximum absolute atomic E-state index is 14.2. The second-order valence-corrected chi connectivity index (χ2v) is 5.76. The van der Waals surface area contributed by atoms with Crippen LogP contribution in [0.3, 0.4) is 0 Å². The van der Waals surface area contributed by atoms with E-state index < -0.39 is 30.6 Å². The lowest BCUT2D eigenvalue weighted by Crippen LogP contribution is -2.54. The lowest BCUT2D eigenvalue weighted by molar-refractivity contribution is -0.237. The highest BCUT2D eigenvalue weighted by atomic mass is 19.2. The molecule has 0 heterocycles. The van der Waals surface area contributed by atoms with Crippen molar-refractivity contribution in [3.05, 3.63) is 71.8 Å². The third-order valence-corrected chi connectivity index (χ3v) is 3.70. The molecule has 140 valence electrons. The van der Waals surface area contributed by atoms with Crippen molar-refractivity contribution in [1.82, 2.24) is 0 Å². The molecular formula is C19H21FO6. The van der Waals surface area contributed by atoms with Crippen molar-refractivity contribution in [1.29, 1.82) is 0 Å². The summed E-state index contributed by atoms with van der Waals surface area (Å²) in [6.45, 7) is -0.449. The van der Waals surface area contributed by atoms with Gasteiger partial charge in [-0.05, 0) is 11.1 Å². The monoisotopic (exact) mass is 364 g/mol. The van der Waals surface area contributed by atoms with Gasteiger partial charge in [0.15, 0.2) is 6.10 Å². The molecule has 7 heteroatoms. The van der Waals surface area contributed by atoms with Crippen molar-refractivity contribution < 1.29 is 34.0 Å². The zero-order valence-electron chi connectivity index (χ0n) is 14.0. The van der Waals surface area contributed by atoms with Crippen LogP contribution in [0.1, 0.15) is 11.1 Å². The number of hydrogen-bond donors (Lipinski definition) is 3. The summed E-state index contributed by atoms with van der Waals surface area (Å²) in [6.07, 6.45) is -3.70. The van der Waals surface area contributed by atoms with Gasteiger partial charge in [-0.2, -0.15) is 4.39 Å². The number of halogens is 1. The molecule has 0 amide bonds. The Hall–Kier alpha value is -2.32. The first-order valence-corrected chi connectivity index (χ1v) is 8.01. The lowest BCUT2D eigenvalue weighted by atomic mass is 10.1. The number of benzene rings is 2. The van der Waals surface area contributed by atoms with Crippen molar-refractivity contribution >= 4 is 5.97 Å². The normalized spacial score (nSPS) is 15.8. The molecule has 3 N–H and O–H groups in total. The number of hydrogen-bond acceptors (Lipinski definition) is 5. The zero-order chi connectivity index (χ0) is 19.0. The van der Waals surface area contributed by atoms with E-state index in [4.69, 9.17) is 14.6 Å². The second-order valence-electron chi connectivity index (χ2n) is 5.76. The average molecular weight is 364 g/mol. The zero-order valence-corrected chi connectivity index (χ0v) is 14.0. The van der Waals surface area contributed by atoms with Crippen LogP contribution in [0.4, 0.5) is 4.39 Å². The van der Waals surface area contributed by atoms with Crippen LogP contribution in [-0.2, 0) is 27.5 Å². The van der Waals surface area contributed by atoms with Crippen LogP contribution in [0, 0.1) is 0 Å². The van der Waals surface area contributed by atoms with E-state index in [0.29, 0.717) is 5.56 Å². The van der Waals surface area contributed by atoms with Crippen LogP contribution >= 0.6 is 0 Å².